The van der Waals surface area contributed by atoms with E-state index in [4.69, 9.17) is 27.6 Å². The van der Waals surface area contributed by atoms with Crippen molar-refractivity contribution in [2.45, 2.75) is 6.42 Å². The number of nitrogens with zero attached hydrogens (tertiary/aromatic N) is 2. The third-order valence-electron chi connectivity index (χ3n) is 5.13. The van der Waals surface area contributed by atoms with E-state index in [0.29, 0.717) is 27.9 Å². The molecular formula is C21H21Cl3FN3O2. The lowest BCUT2D eigenvalue weighted by molar-refractivity contribution is 0.254. The van der Waals surface area contributed by atoms with E-state index in [1.54, 1.807) is 18.2 Å². The number of anilines is 1. The van der Waals surface area contributed by atoms with E-state index in [9.17, 15) is 9.18 Å². The van der Waals surface area contributed by atoms with Gasteiger partial charge in [0.1, 0.15) is 11.6 Å². The van der Waals surface area contributed by atoms with E-state index >= 15 is 0 Å². The van der Waals surface area contributed by atoms with E-state index in [-0.39, 0.29) is 18.2 Å². The van der Waals surface area contributed by atoms with Crippen LogP contribution in [-0.4, -0.2) is 42.6 Å². The van der Waals surface area contributed by atoms with Crippen LogP contribution in [-0.2, 0) is 6.42 Å². The first kappa shape index (κ1) is 22.7. The highest BCUT2D eigenvalue weighted by Gasteiger charge is 2.20. The molecule has 0 bridgehead atoms. The van der Waals surface area contributed by atoms with Crippen LogP contribution in [0.1, 0.15) is 5.76 Å². The molecule has 0 aliphatic carbocycles. The first-order chi connectivity index (χ1) is 14.0. The van der Waals surface area contributed by atoms with Crippen molar-refractivity contribution in [3.05, 3.63) is 74.6 Å². The first-order valence-electron chi connectivity index (χ1n) is 9.40. The van der Waals surface area contributed by atoms with Gasteiger partial charge in [0.15, 0.2) is 0 Å². The molecule has 2 aromatic carbocycles. The van der Waals surface area contributed by atoms with Gasteiger partial charge in [-0.2, -0.15) is 0 Å². The SMILES string of the molecule is Cl.O=c1[nH]c(-c2ccc(F)cc2)c(CCN2CCN(c3ccc(Cl)cc3Cl)CC2)o1. The van der Waals surface area contributed by atoms with E-state index in [0.717, 1.165) is 44.0 Å². The summed E-state index contributed by atoms with van der Waals surface area (Å²) in [6, 6.07) is 11.6. The van der Waals surface area contributed by atoms with Crippen molar-refractivity contribution in [2.75, 3.05) is 37.6 Å². The number of rotatable bonds is 5. The summed E-state index contributed by atoms with van der Waals surface area (Å²) in [4.78, 5) is 19.0. The van der Waals surface area contributed by atoms with Gasteiger partial charge < -0.3 is 9.32 Å². The maximum atomic E-state index is 13.2. The normalized spacial score (nSPS) is 14.6. The van der Waals surface area contributed by atoms with Crippen molar-refractivity contribution in [1.82, 2.24) is 9.88 Å². The number of aromatic nitrogens is 1. The molecular weight excluding hydrogens is 452 g/mol. The molecule has 1 saturated heterocycles. The molecule has 0 atom stereocenters. The second kappa shape index (κ2) is 9.88. The van der Waals surface area contributed by atoms with Gasteiger partial charge in [-0.1, -0.05) is 23.2 Å². The van der Waals surface area contributed by atoms with Crippen molar-refractivity contribution in [3.63, 3.8) is 0 Å². The highest BCUT2D eigenvalue weighted by molar-refractivity contribution is 6.36. The molecule has 1 aliphatic rings. The third-order valence-corrected chi connectivity index (χ3v) is 5.67. The average Bonchev–Trinajstić information content (AvgIpc) is 3.08. The fourth-order valence-electron chi connectivity index (χ4n) is 3.60. The van der Waals surface area contributed by atoms with Crippen LogP contribution in [0.25, 0.3) is 11.3 Å². The molecule has 0 saturated carbocycles. The summed E-state index contributed by atoms with van der Waals surface area (Å²) in [5.74, 6) is -0.230. The Labute approximate surface area is 189 Å². The first-order valence-corrected chi connectivity index (χ1v) is 10.2. The quantitative estimate of drug-likeness (QED) is 0.576. The number of nitrogens with one attached hydrogen (secondary N) is 1. The van der Waals surface area contributed by atoms with Gasteiger partial charge in [-0.3, -0.25) is 9.88 Å². The lowest BCUT2D eigenvalue weighted by Crippen LogP contribution is -2.47. The standard InChI is InChI=1S/C21H20Cl2FN3O2.ClH/c22-15-3-6-18(17(23)13-15)27-11-9-26(10-12-27)8-7-19-20(25-21(28)29-19)14-1-4-16(24)5-2-14;/h1-6,13H,7-12H2,(H,25,28);1H. The molecule has 0 amide bonds. The molecule has 0 radical (unpaired) electrons. The molecule has 0 unspecified atom stereocenters. The van der Waals surface area contributed by atoms with Gasteiger partial charge in [0.2, 0.25) is 0 Å². The molecule has 9 heteroatoms. The molecule has 1 N–H and O–H groups in total. The van der Waals surface area contributed by atoms with Crippen molar-refractivity contribution < 1.29 is 8.81 Å². The van der Waals surface area contributed by atoms with Crippen molar-refractivity contribution in [2.24, 2.45) is 0 Å². The predicted molar refractivity (Wildman–Crippen MR) is 121 cm³/mol. The van der Waals surface area contributed by atoms with E-state index in [1.165, 1.54) is 12.1 Å². The predicted octanol–water partition coefficient (Wildman–Crippen LogP) is 4.87. The maximum Gasteiger partial charge on any atom is 0.416 e. The Balaban J connectivity index is 0.00000256. The van der Waals surface area contributed by atoms with Gasteiger partial charge in [0.25, 0.3) is 0 Å². The molecule has 3 aromatic rings. The van der Waals surface area contributed by atoms with Gasteiger partial charge in [-0.15, -0.1) is 12.4 Å². The van der Waals surface area contributed by atoms with Crippen LogP contribution in [0.2, 0.25) is 10.0 Å². The van der Waals surface area contributed by atoms with E-state index in [2.05, 4.69) is 14.8 Å². The van der Waals surface area contributed by atoms with Gasteiger partial charge in [-0.25, -0.2) is 9.18 Å². The Hall–Kier alpha value is -1.99. The lowest BCUT2D eigenvalue weighted by atomic mass is 10.1. The number of oxazole rings is 1. The van der Waals surface area contributed by atoms with Crippen LogP contribution in [0.5, 0.6) is 0 Å². The number of hydrogen-bond donors (Lipinski definition) is 1. The Kier molecular flexibility index (Phi) is 7.47. The molecule has 30 heavy (non-hydrogen) atoms. The summed E-state index contributed by atoms with van der Waals surface area (Å²) in [5, 5.41) is 1.28. The number of H-pyrrole nitrogens is 1. The molecule has 160 valence electrons. The summed E-state index contributed by atoms with van der Waals surface area (Å²) < 4.78 is 18.5. The molecule has 1 fully saturated rings. The minimum absolute atomic E-state index is 0. The van der Waals surface area contributed by atoms with Crippen molar-refractivity contribution in [3.8, 4) is 11.3 Å². The highest BCUT2D eigenvalue weighted by Crippen LogP contribution is 2.29. The zero-order valence-corrected chi connectivity index (χ0v) is 18.4. The van der Waals surface area contributed by atoms with Crippen LogP contribution < -0.4 is 10.7 Å². The number of hydrogen-bond acceptors (Lipinski definition) is 4. The summed E-state index contributed by atoms with van der Waals surface area (Å²) in [6.45, 7) is 4.21. The molecule has 1 aromatic heterocycles. The summed E-state index contributed by atoms with van der Waals surface area (Å²) >= 11 is 12.3. The number of aromatic amines is 1. The van der Waals surface area contributed by atoms with Gasteiger partial charge in [0, 0.05) is 49.7 Å². The number of benzene rings is 2. The molecule has 0 spiro atoms. The van der Waals surface area contributed by atoms with Crippen LogP contribution in [0, 0.1) is 5.82 Å². The summed E-state index contributed by atoms with van der Waals surface area (Å²) in [6.07, 6.45) is 0.590. The largest absolute Gasteiger partial charge is 0.416 e. The van der Waals surface area contributed by atoms with Gasteiger partial charge in [0.05, 0.1) is 16.4 Å². The average molecular weight is 473 g/mol. The van der Waals surface area contributed by atoms with E-state index in [1.807, 2.05) is 12.1 Å². The Morgan fingerprint density at radius 1 is 1.03 bits per heavy atom. The van der Waals surface area contributed by atoms with E-state index < -0.39 is 5.76 Å². The molecule has 4 rings (SSSR count). The van der Waals surface area contributed by atoms with Crippen LogP contribution in [0.3, 0.4) is 0 Å². The van der Waals surface area contributed by atoms with Crippen LogP contribution in [0.4, 0.5) is 10.1 Å². The van der Waals surface area contributed by atoms with Crippen molar-refractivity contribution in [1.29, 1.82) is 0 Å². The lowest BCUT2D eigenvalue weighted by Gasteiger charge is -2.36. The Morgan fingerprint density at radius 2 is 1.73 bits per heavy atom. The third kappa shape index (κ3) is 5.19. The summed E-state index contributed by atoms with van der Waals surface area (Å²) in [7, 11) is 0. The monoisotopic (exact) mass is 471 g/mol. The Bertz CT molecular complexity index is 1040. The minimum Gasteiger partial charge on any atom is -0.412 e. The maximum absolute atomic E-state index is 13.2. The zero-order chi connectivity index (χ0) is 20.4. The smallest absolute Gasteiger partial charge is 0.412 e. The fourth-order valence-corrected chi connectivity index (χ4v) is 4.12. The number of halogens is 4. The molecule has 5 nitrogen and oxygen atoms in total. The highest BCUT2D eigenvalue weighted by atomic mass is 35.5. The van der Waals surface area contributed by atoms with Gasteiger partial charge in [-0.05, 0) is 42.5 Å². The minimum atomic E-state index is -0.499. The molecule has 2 heterocycles. The summed E-state index contributed by atoms with van der Waals surface area (Å²) in [5.41, 5.74) is 2.34. The molecule has 1 aliphatic heterocycles. The van der Waals surface area contributed by atoms with Crippen LogP contribution >= 0.6 is 35.6 Å². The fraction of sp³-hybridized carbons (Fsp3) is 0.286. The number of piperazine rings is 1. The van der Waals surface area contributed by atoms with Gasteiger partial charge >= 0.3 is 5.76 Å². The zero-order valence-electron chi connectivity index (χ0n) is 16.0. The Morgan fingerprint density at radius 3 is 2.40 bits per heavy atom. The van der Waals surface area contributed by atoms with Crippen LogP contribution in [0.15, 0.2) is 51.7 Å². The van der Waals surface area contributed by atoms with Crippen molar-refractivity contribution >= 4 is 41.3 Å². The second-order valence-corrected chi connectivity index (χ2v) is 7.84. The second-order valence-electron chi connectivity index (χ2n) is 6.99. The topological polar surface area (TPSA) is 52.5 Å².